The fraction of sp³-hybridized carbons (Fsp3) is 0.500. The second-order valence-electron chi connectivity index (χ2n) is 3.29. The number of rotatable bonds is 7. The molecule has 0 spiro atoms. The van der Waals surface area contributed by atoms with Crippen LogP contribution in [0.5, 0.6) is 11.5 Å². The van der Waals surface area contributed by atoms with Crippen LogP contribution in [0.25, 0.3) is 0 Å². The van der Waals surface area contributed by atoms with E-state index in [-0.39, 0.29) is 0 Å². The molecule has 1 rings (SSSR count). The summed E-state index contributed by atoms with van der Waals surface area (Å²) in [6.07, 6.45) is 0. The smallest absolute Gasteiger partial charge is 0.175 e. The summed E-state index contributed by atoms with van der Waals surface area (Å²) in [5.41, 5.74) is 0.979. The van der Waals surface area contributed by atoms with Crippen LogP contribution in [0.2, 0.25) is 0 Å². The van der Waals surface area contributed by atoms with Crippen LogP contribution in [-0.2, 0) is 10.6 Å². The minimum atomic E-state index is 0.439. The van der Waals surface area contributed by atoms with Crippen molar-refractivity contribution in [3.63, 3.8) is 0 Å². The van der Waals surface area contributed by atoms with E-state index < -0.39 is 0 Å². The molecule has 17 heavy (non-hydrogen) atoms. The van der Waals surface area contributed by atoms with Crippen molar-refractivity contribution in [3.05, 3.63) is 22.2 Å². The van der Waals surface area contributed by atoms with Gasteiger partial charge in [-0.1, -0.05) is 0 Å². The second kappa shape index (κ2) is 7.80. The van der Waals surface area contributed by atoms with E-state index in [0.717, 1.165) is 10.0 Å². The van der Waals surface area contributed by atoms with Crippen LogP contribution in [-0.4, -0.2) is 26.9 Å². The number of ether oxygens (including phenoxy) is 3. The Kier molecular flexibility index (Phi) is 6.70. The summed E-state index contributed by atoms with van der Waals surface area (Å²) in [6, 6.07) is 3.79. The molecule has 0 fully saturated rings. The van der Waals surface area contributed by atoms with Gasteiger partial charge < -0.3 is 14.2 Å². The maximum absolute atomic E-state index is 5.79. The van der Waals surface area contributed by atoms with Crippen LogP contribution in [0.15, 0.2) is 16.6 Å². The molecule has 0 aliphatic rings. The standard InChI is InChI=1S/C12H16BrClO3/c1-3-16-4-5-17-12-10(13)6-9(8-14)7-11(12)15-2/h6-7H,3-5,8H2,1-2H3. The van der Waals surface area contributed by atoms with E-state index in [0.29, 0.717) is 37.2 Å². The molecule has 0 amide bonds. The average molecular weight is 324 g/mol. The number of hydrogen-bond acceptors (Lipinski definition) is 3. The molecule has 0 bridgehead atoms. The molecule has 0 saturated carbocycles. The van der Waals surface area contributed by atoms with Gasteiger partial charge in [0.1, 0.15) is 6.61 Å². The minimum absolute atomic E-state index is 0.439. The molecule has 0 saturated heterocycles. The highest BCUT2D eigenvalue weighted by Gasteiger charge is 2.11. The number of hydrogen-bond donors (Lipinski definition) is 0. The molecule has 3 nitrogen and oxygen atoms in total. The van der Waals surface area contributed by atoms with Crippen LogP contribution in [0.1, 0.15) is 12.5 Å². The highest BCUT2D eigenvalue weighted by Crippen LogP contribution is 2.36. The highest BCUT2D eigenvalue weighted by molar-refractivity contribution is 9.10. The quantitative estimate of drug-likeness (QED) is 0.567. The molecule has 0 aromatic heterocycles. The Balaban J connectivity index is 2.75. The second-order valence-corrected chi connectivity index (χ2v) is 4.41. The zero-order valence-electron chi connectivity index (χ0n) is 9.96. The molecule has 5 heteroatoms. The molecule has 0 radical (unpaired) electrons. The SMILES string of the molecule is CCOCCOc1c(Br)cc(CCl)cc1OC. The van der Waals surface area contributed by atoms with Gasteiger partial charge in [-0.05, 0) is 40.5 Å². The van der Waals surface area contributed by atoms with Crippen molar-refractivity contribution in [1.82, 2.24) is 0 Å². The van der Waals surface area contributed by atoms with E-state index in [4.69, 9.17) is 25.8 Å². The van der Waals surface area contributed by atoms with Gasteiger partial charge in [-0.3, -0.25) is 0 Å². The third kappa shape index (κ3) is 4.37. The van der Waals surface area contributed by atoms with Gasteiger partial charge in [-0.25, -0.2) is 0 Å². The first-order valence-corrected chi connectivity index (χ1v) is 6.68. The van der Waals surface area contributed by atoms with Crippen LogP contribution in [0.4, 0.5) is 0 Å². The van der Waals surface area contributed by atoms with Gasteiger partial charge in [-0.2, -0.15) is 0 Å². The molecule has 0 N–H and O–H groups in total. The lowest BCUT2D eigenvalue weighted by Crippen LogP contribution is -2.07. The van der Waals surface area contributed by atoms with Gasteiger partial charge in [0.25, 0.3) is 0 Å². The molecule has 96 valence electrons. The monoisotopic (exact) mass is 322 g/mol. The lowest BCUT2D eigenvalue weighted by Gasteiger charge is -2.13. The third-order valence-electron chi connectivity index (χ3n) is 2.12. The van der Waals surface area contributed by atoms with E-state index in [1.807, 2.05) is 19.1 Å². The fourth-order valence-electron chi connectivity index (χ4n) is 1.34. The van der Waals surface area contributed by atoms with Crippen molar-refractivity contribution >= 4 is 27.5 Å². The van der Waals surface area contributed by atoms with Gasteiger partial charge >= 0.3 is 0 Å². The first-order chi connectivity index (χ1) is 8.22. The summed E-state index contributed by atoms with van der Waals surface area (Å²) in [5.74, 6) is 1.79. The Morgan fingerprint density at radius 3 is 2.65 bits per heavy atom. The number of alkyl halides is 1. The first kappa shape index (κ1) is 14.6. The van der Waals surface area contributed by atoms with E-state index in [1.54, 1.807) is 7.11 Å². The van der Waals surface area contributed by atoms with Gasteiger partial charge in [0.05, 0.1) is 18.2 Å². The van der Waals surface area contributed by atoms with Crippen molar-refractivity contribution in [3.8, 4) is 11.5 Å². The summed E-state index contributed by atoms with van der Waals surface area (Å²) in [4.78, 5) is 0. The lowest BCUT2D eigenvalue weighted by atomic mass is 10.2. The van der Waals surface area contributed by atoms with Crippen molar-refractivity contribution in [2.45, 2.75) is 12.8 Å². The molecular weight excluding hydrogens is 307 g/mol. The van der Waals surface area contributed by atoms with Crippen LogP contribution in [0.3, 0.4) is 0 Å². The molecule has 0 aliphatic heterocycles. The zero-order valence-corrected chi connectivity index (χ0v) is 12.3. The van der Waals surface area contributed by atoms with Crippen molar-refractivity contribution in [2.75, 3.05) is 26.9 Å². The maximum Gasteiger partial charge on any atom is 0.175 e. The van der Waals surface area contributed by atoms with Gasteiger partial charge in [-0.15, -0.1) is 11.6 Å². The molecular formula is C12H16BrClO3. The molecule has 0 atom stereocenters. The summed E-state index contributed by atoms with van der Waals surface area (Å²) < 4.78 is 16.9. The average Bonchev–Trinajstić information content (AvgIpc) is 2.35. The predicted octanol–water partition coefficient (Wildman–Crippen LogP) is 3.61. The van der Waals surface area contributed by atoms with Crippen molar-refractivity contribution in [1.29, 1.82) is 0 Å². The summed E-state index contributed by atoms with van der Waals surface area (Å²) in [6.45, 7) is 3.69. The fourth-order valence-corrected chi connectivity index (χ4v) is 2.10. The summed E-state index contributed by atoms with van der Waals surface area (Å²) in [5, 5.41) is 0. The Labute approximate surface area is 115 Å². The topological polar surface area (TPSA) is 27.7 Å². The van der Waals surface area contributed by atoms with Gasteiger partial charge in [0.15, 0.2) is 11.5 Å². The molecule has 0 unspecified atom stereocenters. The number of benzene rings is 1. The molecule has 1 aromatic rings. The first-order valence-electron chi connectivity index (χ1n) is 5.35. The maximum atomic E-state index is 5.79. The summed E-state index contributed by atoms with van der Waals surface area (Å²) in [7, 11) is 1.61. The molecule has 0 aliphatic carbocycles. The van der Waals surface area contributed by atoms with Gasteiger partial charge in [0, 0.05) is 12.5 Å². The van der Waals surface area contributed by atoms with E-state index in [1.165, 1.54) is 0 Å². The largest absolute Gasteiger partial charge is 0.493 e. The molecule has 0 heterocycles. The normalized spacial score (nSPS) is 10.4. The third-order valence-corrected chi connectivity index (χ3v) is 3.02. The van der Waals surface area contributed by atoms with Crippen LogP contribution in [0, 0.1) is 0 Å². The Morgan fingerprint density at radius 1 is 1.29 bits per heavy atom. The molecule has 1 aromatic carbocycles. The number of halogens is 2. The van der Waals surface area contributed by atoms with E-state index in [9.17, 15) is 0 Å². The Hall–Kier alpha value is -0.450. The van der Waals surface area contributed by atoms with Gasteiger partial charge in [0.2, 0.25) is 0 Å². The van der Waals surface area contributed by atoms with Crippen LogP contribution < -0.4 is 9.47 Å². The van der Waals surface area contributed by atoms with Crippen molar-refractivity contribution in [2.24, 2.45) is 0 Å². The summed E-state index contributed by atoms with van der Waals surface area (Å²) >= 11 is 9.23. The lowest BCUT2D eigenvalue weighted by molar-refractivity contribution is 0.108. The predicted molar refractivity (Wildman–Crippen MR) is 72.2 cm³/mol. The Bertz CT molecular complexity index is 358. The zero-order chi connectivity index (χ0) is 12.7. The van der Waals surface area contributed by atoms with E-state index >= 15 is 0 Å². The van der Waals surface area contributed by atoms with E-state index in [2.05, 4.69) is 15.9 Å². The minimum Gasteiger partial charge on any atom is -0.493 e. The number of methoxy groups -OCH3 is 1. The van der Waals surface area contributed by atoms with Crippen molar-refractivity contribution < 1.29 is 14.2 Å². The highest BCUT2D eigenvalue weighted by atomic mass is 79.9. The van der Waals surface area contributed by atoms with Crippen LogP contribution >= 0.6 is 27.5 Å². The Morgan fingerprint density at radius 2 is 2.06 bits per heavy atom.